The number of nitrogens with one attached hydrogen (secondary N) is 2. The number of hydrogen-bond donors (Lipinski definition) is 2. The van der Waals surface area contributed by atoms with Crippen LogP contribution in [-0.4, -0.2) is 39.0 Å². The number of nitrogens with zero attached hydrogens (tertiary/aromatic N) is 3. The first-order valence-electron chi connectivity index (χ1n) is 5.91. The van der Waals surface area contributed by atoms with Gasteiger partial charge in [-0.3, -0.25) is 0 Å². The van der Waals surface area contributed by atoms with Gasteiger partial charge in [0.2, 0.25) is 17.2 Å². The lowest BCUT2D eigenvalue weighted by atomic mass is 10.2. The Kier molecular flexibility index (Phi) is 5.95. The van der Waals surface area contributed by atoms with Gasteiger partial charge in [-0.2, -0.15) is 26.7 Å². The zero-order valence-electron chi connectivity index (χ0n) is 11.2. The van der Waals surface area contributed by atoms with Crippen molar-refractivity contribution >= 4 is 35.3 Å². The minimum atomic E-state index is 0.121. The van der Waals surface area contributed by atoms with Crippen molar-refractivity contribution in [2.45, 2.75) is 31.9 Å². The van der Waals surface area contributed by atoms with E-state index >= 15 is 0 Å². The summed E-state index contributed by atoms with van der Waals surface area (Å²) in [6, 6.07) is 0. The van der Waals surface area contributed by atoms with Crippen molar-refractivity contribution in [1.82, 2.24) is 15.0 Å². The quantitative estimate of drug-likeness (QED) is 0.805. The van der Waals surface area contributed by atoms with Gasteiger partial charge in [-0.1, -0.05) is 6.92 Å². The van der Waals surface area contributed by atoms with Crippen molar-refractivity contribution in [3.05, 3.63) is 5.28 Å². The van der Waals surface area contributed by atoms with E-state index in [1.165, 1.54) is 0 Å². The molecule has 0 atom stereocenters. The number of anilines is 2. The summed E-state index contributed by atoms with van der Waals surface area (Å²) in [4.78, 5) is 12.4. The van der Waals surface area contributed by atoms with Gasteiger partial charge in [0.25, 0.3) is 0 Å². The van der Waals surface area contributed by atoms with Crippen molar-refractivity contribution in [3.8, 4) is 0 Å². The highest BCUT2D eigenvalue weighted by Crippen LogP contribution is 2.21. The third-order valence-electron chi connectivity index (χ3n) is 2.37. The lowest BCUT2D eigenvalue weighted by molar-refractivity contribution is 0.745. The van der Waals surface area contributed by atoms with Crippen LogP contribution in [0, 0.1) is 0 Å². The smallest absolute Gasteiger partial charge is 0.228 e. The molecule has 1 rings (SSSR count). The average Bonchev–Trinajstić information content (AvgIpc) is 2.33. The van der Waals surface area contributed by atoms with Crippen LogP contribution in [-0.2, 0) is 0 Å². The second kappa shape index (κ2) is 6.99. The Hall–Kier alpha value is -0.750. The molecule has 0 bridgehead atoms. The normalized spacial score (nSPS) is 11.4. The topological polar surface area (TPSA) is 62.7 Å². The van der Waals surface area contributed by atoms with Crippen LogP contribution in [0.15, 0.2) is 0 Å². The van der Waals surface area contributed by atoms with E-state index in [1.807, 2.05) is 0 Å². The largest absolute Gasteiger partial charge is 0.354 e. The molecule has 0 fully saturated rings. The molecule has 7 heteroatoms. The summed E-state index contributed by atoms with van der Waals surface area (Å²) in [5.41, 5.74) is 0. The molecule has 0 aliphatic heterocycles. The lowest BCUT2D eigenvalue weighted by Crippen LogP contribution is -2.26. The van der Waals surface area contributed by atoms with Gasteiger partial charge >= 0.3 is 0 Å². The zero-order chi connectivity index (χ0) is 13.6. The molecule has 0 unspecified atom stereocenters. The summed E-state index contributed by atoms with van der Waals surface area (Å²) >= 11 is 7.65. The molecule has 0 saturated carbocycles. The number of hydrogen-bond acceptors (Lipinski definition) is 6. The van der Waals surface area contributed by atoms with E-state index in [4.69, 9.17) is 11.6 Å². The van der Waals surface area contributed by atoms with E-state index in [-0.39, 0.29) is 10.0 Å². The van der Waals surface area contributed by atoms with E-state index in [9.17, 15) is 0 Å². The fraction of sp³-hybridized carbons (Fsp3) is 0.727. The molecule has 1 heterocycles. The minimum Gasteiger partial charge on any atom is -0.354 e. The van der Waals surface area contributed by atoms with E-state index in [2.05, 4.69) is 52.6 Å². The summed E-state index contributed by atoms with van der Waals surface area (Å²) in [6.07, 6.45) is 3.09. The first-order chi connectivity index (χ1) is 8.46. The third kappa shape index (κ3) is 5.27. The van der Waals surface area contributed by atoms with Crippen LogP contribution in [0.1, 0.15) is 27.2 Å². The molecule has 18 heavy (non-hydrogen) atoms. The third-order valence-corrected chi connectivity index (χ3v) is 3.78. The van der Waals surface area contributed by atoms with Crippen molar-refractivity contribution in [2.75, 3.05) is 30.0 Å². The summed E-state index contributed by atoms with van der Waals surface area (Å²) < 4.78 is 0.121. The molecular weight excluding hydrogens is 270 g/mol. The van der Waals surface area contributed by atoms with Crippen molar-refractivity contribution < 1.29 is 0 Å². The Morgan fingerprint density at radius 1 is 1.17 bits per heavy atom. The van der Waals surface area contributed by atoms with Crippen LogP contribution in [0.25, 0.3) is 0 Å². The number of rotatable bonds is 7. The van der Waals surface area contributed by atoms with E-state index in [0.29, 0.717) is 11.9 Å². The molecule has 2 N–H and O–H groups in total. The Balaban J connectivity index is 2.68. The van der Waals surface area contributed by atoms with E-state index in [1.54, 1.807) is 11.8 Å². The van der Waals surface area contributed by atoms with Gasteiger partial charge in [0.05, 0.1) is 0 Å². The highest BCUT2D eigenvalue weighted by atomic mass is 35.5. The van der Waals surface area contributed by atoms with E-state index in [0.717, 1.165) is 19.5 Å². The molecule has 0 aromatic carbocycles. The Morgan fingerprint density at radius 2 is 1.78 bits per heavy atom. The molecule has 0 aliphatic carbocycles. The van der Waals surface area contributed by atoms with Crippen LogP contribution in [0.5, 0.6) is 0 Å². The first kappa shape index (κ1) is 15.3. The maximum Gasteiger partial charge on any atom is 0.228 e. The molecule has 5 nitrogen and oxygen atoms in total. The molecule has 1 aromatic heterocycles. The molecule has 1 aromatic rings. The first-order valence-corrected chi connectivity index (χ1v) is 7.51. The maximum absolute atomic E-state index is 5.87. The maximum atomic E-state index is 5.87. The molecule has 0 aliphatic rings. The monoisotopic (exact) mass is 289 g/mol. The molecule has 0 spiro atoms. The van der Waals surface area contributed by atoms with Gasteiger partial charge in [0.15, 0.2) is 0 Å². The van der Waals surface area contributed by atoms with Gasteiger partial charge in [-0.15, -0.1) is 0 Å². The van der Waals surface area contributed by atoms with Gasteiger partial charge < -0.3 is 10.6 Å². The van der Waals surface area contributed by atoms with Gasteiger partial charge in [-0.05, 0) is 38.1 Å². The van der Waals surface area contributed by atoms with E-state index < -0.39 is 0 Å². The summed E-state index contributed by atoms with van der Waals surface area (Å²) in [6.45, 7) is 7.97. The Labute approximate surface area is 118 Å². The highest BCUT2D eigenvalue weighted by Gasteiger charge is 2.16. The Morgan fingerprint density at radius 3 is 2.33 bits per heavy atom. The molecular formula is C11H20ClN5S. The van der Waals surface area contributed by atoms with Crippen molar-refractivity contribution in [1.29, 1.82) is 0 Å². The van der Waals surface area contributed by atoms with Gasteiger partial charge in [0, 0.05) is 17.8 Å². The Bertz CT molecular complexity index is 386. The predicted octanol–water partition coefficient (Wildman–Crippen LogP) is 2.90. The van der Waals surface area contributed by atoms with Crippen LogP contribution >= 0.6 is 23.4 Å². The fourth-order valence-electron chi connectivity index (χ4n) is 1.11. The molecule has 102 valence electrons. The summed E-state index contributed by atoms with van der Waals surface area (Å²) in [7, 11) is 0. The van der Waals surface area contributed by atoms with Crippen molar-refractivity contribution in [2.24, 2.45) is 0 Å². The standard InChI is InChI=1S/C11H20ClN5S/c1-5-6-13-9-15-8(12)16-10(17-9)14-7-11(2,3)18-4/h5-7H2,1-4H3,(H2,13,14,15,16,17). The van der Waals surface area contributed by atoms with Crippen LogP contribution in [0.2, 0.25) is 5.28 Å². The number of aromatic nitrogens is 3. The fourth-order valence-corrected chi connectivity index (χ4v) is 1.49. The lowest BCUT2D eigenvalue weighted by Gasteiger charge is -2.22. The predicted molar refractivity (Wildman–Crippen MR) is 79.7 cm³/mol. The molecule has 0 radical (unpaired) electrons. The average molecular weight is 290 g/mol. The minimum absolute atomic E-state index is 0.121. The summed E-state index contributed by atoms with van der Waals surface area (Å²) in [5, 5.41) is 6.48. The second-order valence-electron chi connectivity index (χ2n) is 4.50. The van der Waals surface area contributed by atoms with Gasteiger partial charge in [0.1, 0.15) is 0 Å². The SMILES string of the molecule is CCCNc1nc(Cl)nc(NCC(C)(C)SC)n1. The van der Waals surface area contributed by atoms with Crippen molar-refractivity contribution in [3.63, 3.8) is 0 Å². The molecule has 0 saturated heterocycles. The second-order valence-corrected chi connectivity index (χ2v) is 6.35. The highest BCUT2D eigenvalue weighted by molar-refractivity contribution is 7.99. The van der Waals surface area contributed by atoms with Crippen LogP contribution < -0.4 is 10.6 Å². The number of halogens is 1. The van der Waals surface area contributed by atoms with Gasteiger partial charge in [-0.25, -0.2) is 0 Å². The zero-order valence-corrected chi connectivity index (χ0v) is 12.8. The molecule has 0 amide bonds. The summed E-state index contributed by atoms with van der Waals surface area (Å²) in [5.74, 6) is 1.03. The van der Waals surface area contributed by atoms with Crippen LogP contribution in [0.4, 0.5) is 11.9 Å². The number of thioether (sulfide) groups is 1. The van der Waals surface area contributed by atoms with Crippen LogP contribution in [0.3, 0.4) is 0 Å².